The summed E-state index contributed by atoms with van der Waals surface area (Å²) in [4.78, 5) is 0. The van der Waals surface area contributed by atoms with Crippen LogP contribution in [0.2, 0.25) is 0 Å². The molecule has 5 aromatic rings. The third-order valence-corrected chi connectivity index (χ3v) is 10.5. The van der Waals surface area contributed by atoms with E-state index in [1.165, 1.54) is 27.5 Å². The van der Waals surface area contributed by atoms with Crippen LogP contribution < -0.4 is 9.13 Å². The third-order valence-electron chi connectivity index (χ3n) is 10.5. The summed E-state index contributed by atoms with van der Waals surface area (Å²) in [5.41, 5.74) is 9.25. The average Bonchev–Trinajstić information content (AvgIpc) is 3.34. The van der Waals surface area contributed by atoms with Gasteiger partial charge >= 0.3 is 0 Å². The van der Waals surface area contributed by atoms with Crippen molar-refractivity contribution < 1.29 is 13.5 Å². The normalized spacial score (nSPS) is 16.2. The summed E-state index contributed by atoms with van der Waals surface area (Å²) in [5, 5.41) is 7.33. The molecule has 0 bridgehead atoms. The Bertz CT molecular complexity index is 2000. The van der Waals surface area contributed by atoms with Crippen molar-refractivity contribution in [3.8, 4) is 22.6 Å². The predicted molar refractivity (Wildman–Crippen MR) is 176 cm³/mol. The van der Waals surface area contributed by atoms with Gasteiger partial charge in [0.15, 0.2) is 25.1 Å². The average molecular weight is 587 g/mol. The highest BCUT2D eigenvalue weighted by Gasteiger charge is 2.48. The lowest BCUT2D eigenvalue weighted by molar-refractivity contribution is -0.679. The van der Waals surface area contributed by atoms with Gasteiger partial charge in [-0.3, -0.25) is 4.68 Å². The fourth-order valence-corrected chi connectivity index (χ4v) is 8.03. The predicted octanol–water partition coefficient (Wildman–Crippen LogP) is 8.17. The number of hydrogen-bond acceptors (Lipinski definition) is 1. The van der Waals surface area contributed by atoms with Gasteiger partial charge in [0.1, 0.15) is 11.5 Å². The van der Waals surface area contributed by atoms with E-state index in [1.807, 2.05) is 11.7 Å². The molecule has 0 saturated heterocycles. The molecule has 0 N–H and O–H groups in total. The Labute approximate surface area is 260 Å². The number of nitrogens with zero attached hydrogens (tertiary/aromatic N) is 4. The van der Waals surface area contributed by atoms with Crippen LogP contribution in [0.1, 0.15) is 83.7 Å². The fourth-order valence-electron chi connectivity index (χ4n) is 8.03. The van der Waals surface area contributed by atoms with Crippen molar-refractivity contribution in [2.45, 2.75) is 84.1 Å². The number of halogens is 1. The van der Waals surface area contributed by atoms with Gasteiger partial charge in [-0.05, 0) is 47.6 Å². The highest BCUT2D eigenvalue weighted by atomic mass is 19.1. The number of rotatable bonds is 5. The van der Waals surface area contributed by atoms with E-state index in [-0.39, 0.29) is 16.6 Å². The molecule has 224 valence electrons. The van der Waals surface area contributed by atoms with Crippen LogP contribution in [0, 0.1) is 5.82 Å². The van der Waals surface area contributed by atoms with Gasteiger partial charge in [-0.15, -0.1) is 0 Å². The van der Waals surface area contributed by atoms with E-state index in [9.17, 15) is 0 Å². The maximum absolute atomic E-state index is 16.1. The topological polar surface area (TPSA) is 25.6 Å². The van der Waals surface area contributed by atoms with E-state index in [0.717, 1.165) is 46.7 Å². The summed E-state index contributed by atoms with van der Waals surface area (Å²) in [6.45, 7) is 16.3. The number of hydrogen-bond donors (Lipinski definition) is 0. The van der Waals surface area contributed by atoms with E-state index in [1.54, 1.807) is 6.07 Å². The van der Waals surface area contributed by atoms with Crippen molar-refractivity contribution in [3.63, 3.8) is 0 Å². The van der Waals surface area contributed by atoms with Crippen molar-refractivity contribution in [2.24, 2.45) is 7.05 Å². The van der Waals surface area contributed by atoms with Crippen LogP contribution >= 0.6 is 0 Å². The molecule has 0 unspecified atom stereocenters. The molecule has 44 heavy (non-hydrogen) atoms. The first-order valence-electron chi connectivity index (χ1n) is 16.0. The molecule has 1 aliphatic carbocycles. The van der Waals surface area contributed by atoms with Gasteiger partial charge < -0.3 is 0 Å². The summed E-state index contributed by atoms with van der Waals surface area (Å²) in [6, 6.07) is 21.2. The maximum atomic E-state index is 16.1. The van der Waals surface area contributed by atoms with E-state index >= 15 is 4.39 Å². The Kier molecular flexibility index (Phi) is 6.31. The van der Waals surface area contributed by atoms with Crippen LogP contribution in [0.5, 0.6) is 0 Å². The molecule has 0 spiro atoms. The molecular formula is C39H43FN4+2. The molecule has 0 saturated carbocycles. The molecule has 4 nitrogen and oxygen atoms in total. The molecule has 0 atom stereocenters. The molecule has 7 rings (SSSR count). The lowest BCUT2D eigenvalue weighted by Crippen LogP contribution is -2.43. The van der Waals surface area contributed by atoms with Gasteiger partial charge in [0.25, 0.3) is 0 Å². The van der Waals surface area contributed by atoms with E-state index in [4.69, 9.17) is 5.10 Å². The Morgan fingerprint density at radius 2 is 1.68 bits per heavy atom. The van der Waals surface area contributed by atoms with Gasteiger partial charge in [-0.1, -0.05) is 72.7 Å². The van der Waals surface area contributed by atoms with Crippen molar-refractivity contribution in [1.82, 2.24) is 9.78 Å². The molecule has 0 amide bonds. The maximum Gasteiger partial charge on any atom is 0.231 e. The quantitative estimate of drug-likeness (QED) is 0.191. The monoisotopic (exact) mass is 586 g/mol. The number of benzene rings is 2. The van der Waals surface area contributed by atoms with E-state index < -0.39 is 5.41 Å². The van der Waals surface area contributed by atoms with Crippen LogP contribution in [0.25, 0.3) is 39.6 Å². The minimum atomic E-state index is -0.468. The SMILES string of the molecule is CCC1(CC)C(C[n+]2ccccc2-c2cc(C(C)(C)C)nn2C)=C[n+]2ccc3cccc4c3c2-c2c1ccc(F)c2C4(C)C. The summed E-state index contributed by atoms with van der Waals surface area (Å²) in [5.74, 6) is -0.123. The highest BCUT2D eigenvalue weighted by molar-refractivity contribution is 6.01. The minimum absolute atomic E-state index is 0.0439. The van der Waals surface area contributed by atoms with E-state index in [2.05, 4.69) is 131 Å². The molecule has 5 heteroatoms. The first kappa shape index (κ1) is 28.6. The Morgan fingerprint density at radius 3 is 2.39 bits per heavy atom. The van der Waals surface area contributed by atoms with Crippen LogP contribution in [-0.2, 0) is 29.8 Å². The lowest BCUT2D eigenvalue weighted by atomic mass is 9.63. The van der Waals surface area contributed by atoms with Gasteiger partial charge in [0.05, 0.1) is 22.2 Å². The van der Waals surface area contributed by atoms with Crippen LogP contribution in [0.3, 0.4) is 0 Å². The van der Waals surface area contributed by atoms with Crippen LogP contribution in [0.15, 0.2) is 78.6 Å². The van der Waals surface area contributed by atoms with Crippen LogP contribution in [-0.4, -0.2) is 9.78 Å². The summed E-state index contributed by atoms with van der Waals surface area (Å²) < 4.78 is 22.8. The number of allylic oxidation sites excluding steroid dienone is 1. The summed E-state index contributed by atoms with van der Waals surface area (Å²) in [7, 11) is 2.04. The lowest BCUT2D eigenvalue weighted by Gasteiger charge is -2.38. The van der Waals surface area contributed by atoms with Gasteiger partial charge in [0.2, 0.25) is 11.4 Å². The third kappa shape index (κ3) is 3.90. The molecular weight excluding hydrogens is 543 g/mol. The zero-order chi connectivity index (χ0) is 31.2. The standard InChI is InChI=1S/C39H43FN4/c1-9-39(10-2)26(23-43-20-12-11-16-30(43)31-22-32(37(3,4)5)41-42(31)8)24-44-21-19-25-14-13-15-27-33(25)36(44)34-28(39)17-18-29(40)35(34)38(27,6)7/h11-22,24H,9-10,23H2,1-8H3/q+2. The highest BCUT2D eigenvalue weighted by Crippen LogP contribution is 2.54. The number of aromatic nitrogens is 4. The number of aryl methyl sites for hydroxylation is 1. The molecule has 1 aliphatic heterocycles. The zero-order valence-electron chi connectivity index (χ0n) is 27.3. The zero-order valence-corrected chi connectivity index (χ0v) is 27.3. The molecule has 2 aliphatic rings. The van der Waals surface area contributed by atoms with Gasteiger partial charge in [-0.2, -0.15) is 14.2 Å². The largest absolute Gasteiger partial charge is 0.262 e. The Morgan fingerprint density at radius 1 is 0.909 bits per heavy atom. The Balaban J connectivity index is 1.51. The second kappa shape index (κ2) is 9.69. The second-order valence-electron chi connectivity index (χ2n) is 14.3. The molecule has 0 fully saturated rings. The molecule has 2 aromatic carbocycles. The minimum Gasteiger partial charge on any atom is -0.262 e. The van der Waals surface area contributed by atoms with Crippen molar-refractivity contribution in [1.29, 1.82) is 0 Å². The molecule has 0 radical (unpaired) electrons. The second-order valence-corrected chi connectivity index (χ2v) is 14.3. The fraction of sp³-hybridized carbons (Fsp3) is 0.359. The first-order valence-corrected chi connectivity index (χ1v) is 16.0. The summed E-state index contributed by atoms with van der Waals surface area (Å²) in [6.07, 6.45) is 8.54. The molecule has 4 heterocycles. The van der Waals surface area contributed by atoms with E-state index in [0.29, 0.717) is 6.54 Å². The Hall–Kier alpha value is -4.12. The smallest absolute Gasteiger partial charge is 0.231 e. The summed E-state index contributed by atoms with van der Waals surface area (Å²) >= 11 is 0. The van der Waals surface area contributed by atoms with Crippen molar-refractivity contribution in [2.75, 3.05) is 0 Å². The number of pyridine rings is 2. The first-order chi connectivity index (χ1) is 20.9. The molecule has 3 aromatic heterocycles. The van der Waals surface area contributed by atoms with Crippen LogP contribution in [0.4, 0.5) is 4.39 Å². The van der Waals surface area contributed by atoms with Crippen molar-refractivity contribution >= 4 is 17.0 Å². The van der Waals surface area contributed by atoms with Gasteiger partial charge in [0, 0.05) is 47.1 Å². The van der Waals surface area contributed by atoms with Crippen molar-refractivity contribution in [3.05, 3.63) is 107 Å². The van der Waals surface area contributed by atoms with Gasteiger partial charge in [-0.25, -0.2) is 4.39 Å².